The van der Waals surface area contributed by atoms with Crippen LogP contribution in [0.5, 0.6) is 0 Å². The first kappa shape index (κ1) is 5.06. The number of hydrogen-bond acceptors (Lipinski definition) is 1. The van der Waals surface area contributed by atoms with E-state index in [0.717, 1.165) is 23.0 Å². The topological polar surface area (TPSA) is 0 Å². The third kappa shape index (κ3) is 0.391. The molecule has 0 saturated heterocycles. The Morgan fingerprint density at radius 1 is 1.00 bits per heavy atom. The lowest BCUT2D eigenvalue weighted by atomic mass is 9.39. The molecule has 0 spiro atoms. The van der Waals surface area contributed by atoms with Gasteiger partial charge in [0.05, 0.1) is 0 Å². The molecule has 0 aromatic rings. The molecule has 3 rings (SSSR count). The van der Waals surface area contributed by atoms with Crippen LogP contribution in [0.25, 0.3) is 0 Å². The van der Waals surface area contributed by atoms with Crippen LogP contribution in [0, 0.1) is 23.7 Å². The number of fused-ring (bicyclic) bond motifs is 4. The van der Waals surface area contributed by atoms with Crippen molar-refractivity contribution in [3.05, 3.63) is 0 Å². The molecule has 50 valence electrons. The number of hydrogen-bond donors (Lipinski definition) is 1. The summed E-state index contributed by atoms with van der Waals surface area (Å²) in [6.07, 6.45) is 4.52. The van der Waals surface area contributed by atoms with Gasteiger partial charge < -0.3 is 0 Å². The second kappa shape index (κ2) is 1.34. The SMILES string of the molecule is SC1CC2C3CCC3C12. The first-order valence-corrected chi connectivity index (χ1v) is 4.57. The van der Waals surface area contributed by atoms with Crippen molar-refractivity contribution in [1.82, 2.24) is 0 Å². The molecule has 0 heterocycles. The molecule has 3 fully saturated rings. The second-order valence-corrected chi connectivity index (χ2v) is 4.61. The molecule has 0 aliphatic heterocycles. The van der Waals surface area contributed by atoms with E-state index in [1.165, 1.54) is 18.8 Å². The second-order valence-electron chi connectivity index (χ2n) is 3.95. The van der Waals surface area contributed by atoms with Crippen LogP contribution in [0.4, 0.5) is 0 Å². The number of rotatable bonds is 0. The highest BCUT2D eigenvalue weighted by Crippen LogP contribution is 2.68. The highest BCUT2D eigenvalue weighted by Gasteiger charge is 2.62. The van der Waals surface area contributed by atoms with Crippen LogP contribution in [0.1, 0.15) is 19.3 Å². The molecular weight excluding hydrogens is 128 g/mol. The minimum Gasteiger partial charge on any atom is -0.176 e. The Balaban J connectivity index is 1.82. The highest BCUT2D eigenvalue weighted by molar-refractivity contribution is 7.81. The predicted octanol–water partition coefficient (Wildman–Crippen LogP) is 1.96. The fraction of sp³-hybridized carbons (Fsp3) is 1.00. The number of thiol groups is 1. The molecule has 1 heteroatoms. The van der Waals surface area contributed by atoms with E-state index in [4.69, 9.17) is 0 Å². The van der Waals surface area contributed by atoms with E-state index in [1.807, 2.05) is 0 Å². The fourth-order valence-electron chi connectivity index (χ4n) is 3.16. The smallest absolute Gasteiger partial charge is 0.00534 e. The van der Waals surface area contributed by atoms with Crippen LogP contribution in [-0.2, 0) is 0 Å². The van der Waals surface area contributed by atoms with Gasteiger partial charge in [0.15, 0.2) is 0 Å². The van der Waals surface area contributed by atoms with Crippen LogP contribution in [0.3, 0.4) is 0 Å². The summed E-state index contributed by atoms with van der Waals surface area (Å²) in [5.74, 6) is 4.54. The maximum absolute atomic E-state index is 4.52. The minimum atomic E-state index is 0.802. The van der Waals surface area contributed by atoms with Crippen molar-refractivity contribution in [2.24, 2.45) is 23.7 Å². The molecule has 0 bridgehead atoms. The van der Waals surface area contributed by atoms with Gasteiger partial charge in [-0.25, -0.2) is 0 Å². The summed E-state index contributed by atoms with van der Waals surface area (Å²) in [6.45, 7) is 0. The van der Waals surface area contributed by atoms with Gasteiger partial charge in [-0.2, -0.15) is 12.6 Å². The first-order chi connectivity index (χ1) is 4.38. The highest BCUT2D eigenvalue weighted by atomic mass is 32.1. The van der Waals surface area contributed by atoms with Gasteiger partial charge in [0.1, 0.15) is 0 Å². The summed E-state index contributed by atoms with van der Waals surface area (Å²) in [4.78, 5) is 0. The zero-order valence-corrected chi connectivity index (χ0v) is 6.35. The Labute approximate surface area is 61.4 Å². The molecular formula is C8H12S. The van der Waals surface area contributed by atoms with Crippen molar-refractivity contribution in [3.63, 3.8) is 0 Å². The fourth-order valence-corrected chi connectivity index (χ4v) is 3.85. The molecule has 5 unspecified atom stereocenters. The Morgan fingerprint density at radius 3 is 2.11 bits per heavy atom. The lowest BCUT2D eigenvalue weighted by molar-refractivity contribution is -0.158. The van der Waals surface area contributed by atoms with E-state index in [9.17, 15) is 0 Å². The van der Waals surface area contributed by atoms with Crippen molar-refractivity contribution in [2.75, 3.05) is 0 Å². The van der Waals surface area contributed by atoms with Gasteiger partial charge in [-0.15, -0.1) is 0 Å². The third-order valence-corrected chi connectivity index (χ3v) is 4.44. The zero-order valence-electron chi connectivity index (χ0n) is 5.46. The molecule has 9 heavy (non-hydrogen) atoms. The van der Waals surface area contributed by atoms with Crippen molar-refractivity contribution in [3.8, 4) is 0 Å². The van der Waals surface area contributed by atoms with Crippen molar-refractivity contribution in [1.29, 1.82) is 0 Å². The molecule has 0 N–H and O–H groups in total. The summed E-state index contributed by atoms with van der Waals surface area (Å²) < 4.78 is 0. The molecule has 3 saturated carbocycles. The van der Waals surface area contributed by atoms with Gasteiger partial charge in [-0.05, 0) is 42.9 Å². The van der Waals surface area contributed by atoms with Crippen LogP contribution >= 0.6 is 12.6 Å². The summed E-state index contributed by atoms with van der Waals surface area (Å²) in [5, 5.41) is 0.802. The average molecular weight is 140 g/mol. The maximum atomic E-state index is 4.52. The molecule has 0 radical (unpaired) electrons. The molecule has 3 aliphatic carbocycles. The average Bonchev–Trinajstić information content (AvgIpc) is 1.79. The Kier molecular flexibility index (Phi) is 0.753. The molecule has 3 aliphatic rings. The third-order valence-electron chi connectivity index (χ3n) is 3.88. The van der Waals surface area contributed by atoms with Crippen LogP contribution in [0.15, 0.2) is 0 Å². The minimum absolute atomic E-state index is 0.802. The van der Waals surface area contributed by atoms with Gasteiger partial charge in [0, 0.05) is 5.25 Å². The van der Waals surface area contributed by atoms with Gasteiger partial charge >= 0.3 is 0 Å². The first-order valence-electron chi connectivity index (χ1n) is 4.06. The van der Waals surface area contributed by atoms with Gasteiger partial charge in [-0.3, -0.25) is 0 Å². The van der Waals surface area contributed by atoms with Crippen molar-refractivity contribution in [2.45, 2.75) is 24.5 Å². The predicted molar refractivity (Wildman–Crippen MR) is 40.6 cm³/mol. The van der Waals surface area contributed by atoms with Crippen LogP contribution in [-0.4, -0.2) is 5.25 Å². The standard InChI is InChI=1S/C8H12S/c9-7-3-6-4-1-2-5(4)8(6)7/h4-9H,1-3H2. The van der Waals surface area contributed by atoms with E-state index in [1.54, 1.807) is 6.42 Å². The molecule has 0 nitrogen and oxygen atoms in total. The van der Waals surface area contributed by atoms with E-state index in [2.05, 4.69) is 12.6 Å². The maximum Gasteiger partial charge on any atom is 0.00534 e. The normalized spacial score (nSPS) is 68.3. The molecule has 0 amide bonds. The Morgan fingerprint density at radius 2 is 1.78 bits per heavy atom. The lowest BCUT2D eigenvalue weighted by Gasteiger charge is -2.68. The summed E-state index contributed by atoms with van der Waals surface area (Å²) in [6, 6.07) is 0. The summed E-state index contributed by atoms with van der Waals surface area (Å²) in [7, 11) is 0. The van der Waals surface area contributed by atoms with Crippen molar-refractivity contribution >= 4 is 12.6 Å². The quantitative estimate of drug-likeness (QED) is 0.489. The van der Waals surface area contributed by atoms with E-state index in [0.29, 0.717) is 0 Å². The van der Waals surface area contributed by atoms with Crippen LogP contribution < -0.4 is 0 Å². The van der Waals surface area contributed by atoms with Gasteiger partial charge in [-0.1, -0.05) is 0 Å². The Bertz CT molecular complexity index is 149. The lowest BCUT2D eigenvalue weighted by Crippen LogP contribution is -2.63. The molecule has 5 atom stereocenters. The zero-order chi connectivity index (χ0) is 6.01. The van der Waals surface area contributed by atoms with E-state index in [-0.39, 0.29) is 0 Å². The van der Waals surface area contributed by atoms with Gasteiger partial charge in [0.2, 0.25) is 0 Å². The monoisotopic (exact) mass is 140 g/mol. The van der Waals surface area contributed by atoms with Gasteiger partial charge in [0.25, 0.3) is 0 Å². The van der Waals surface area contributed by atoms with E-state index < -0.39 is 0 Å². The van der Waals surface area contributed by atoms with Crippen molar-refractivity contribution < 1.29 is 0 Å². The largest absolute Gasteiger partial charge is 0.176 e. The Hall–Kier alpha value is 0.350. The molecule has 0 aromatic carbocycles. The van der Waals surface area contributed by atoms with Crippen LogP contribution in [0.2, 0.25) is 0 Å². The summed E-state index contributed by atoms with van der Waals surface area (Å²) in [5.41, 5.74) is 0. The molecule has 0 aromatic heterocycles. The summed E-state index contributed by atoms with van der Waals surface area (Å²) >= 11 is 4.52. The van der Waals surface area contributed by atoms with E-state index >= 15 is 0 Å².